The highest BCUT2D eigenvalue weighted by atomic mass is 16.5. The molecule has 1 N–H and O–H groups in total. The SMILES string of the molecule is CC1COCCN1C1(C(=O)O)CCCCCC1. The molecule has 4 heteroatoms. The molecule has 0 radical (unpaired) electrons. The molecule has 1 aliphatic heterocycles. The number of hydrogen-bond donors (Lipinski definition) is 1. The second-order valence-corrected chi connectivity index (χ2v) is 5.37. The third-order valence-electron chi connectivity index (χ3n) is 4.25. The van der Waals surface area contributed by atoms with Crippen molar-refractivity contribution < 1.29 is 14.6 Å². The highest BCUT2D eigenvalue weighted by Crippen LogP contribution is 2.35. The standard InChI is InChI=1S/C13H23NO3/c1-11-10-17-9-8-14(11)13(12(15)16)6-4-2-3-5-7-13/h11H,2-10H2,1H3,(H,15,16). The van der Waals surface area contributed by atoms with Crippen molar-refractivity contribution in [2.75, 3.05) is 19.8 Å². The van der Waals surface area contributed by atoms with Gasteiger partial charge in [0.1, 0.15) is 5.54 Å². The van der Waals surface area contributed by atoms with Crippen LogP contribution in [0.2, 0.25) is 0 Å². The molecule has 0 amide bonds. The number of morpholine rings is 1. The summed E-state index contributed by atoms with van der Waals surface area (Å²) in [7, 11) is 0. The maximum absolute atomic E-state index is 11.8. The summed E-state index contributed by atoms with van der Waals surface area (Å²) in [5, 5.41) is 9.70. The van der Waals surface area contributed by atoms with Crippen molar-refractivity contribution in [3.05, 3.63) is 0 Å². The summed E-state index contributed by atoms with van der Waals surface area (Å²) in [6.45, 7) is 4.16. The van der Waals surface area contributed by atoms with E-state index >= 15 is 0 Å². The van der Waals surface area contributed by atoms with E-state index in [2.05, 4.69) is 11.8 Å². The van der Waals surface area contributed by atoms with E-state index in [0.717, 1.165) is 32.2 Å². The topological polar surface area (TPSA) is 49.8 Å². The van der Waals surface area contributed by atoms with Crippen LogP contribution in [0.1, 0.15) is 45.4 Å². The van der Waals surface area contributed by atoms with Crippen LogP contribution in [0, 0.1) is 0 Å². The molecular weight excluding hydrogens is 218 g/mol. The Morgan fingerprint density at radius 2 is 1.94 bits per heavy atom. The molecule has 0 aromatic carbocycles. The number of rotatable bonds is 2. The van der Waals surface area contributed by atoms with E-state index in [4.69, 9.17) is 4.74 Å². The Hall–Kier alpha value is -0.610. The predicted molar refractivity (Wildman–Crippen MR) is 65.1 cm³/mol. The summed E-state index contributed by atoms with van der Waals surface area (Å²) in [5.74, 6) is -0.631. The average molecular weight is 241 g/mol. The number of carboxylic acids is 1. The first-order valence-corrected chi connectivity index (χ1v) is 6.75. The third kappa shape index (κ3) is 2.47. The largest absolute Gasteiger partial charge is 0.480 e. The minimum Gasteiger partial charge on any atom is -0.480 e. The van der Waals surface area contributed by atoms with Crippen LogP contribution in [0.15, 0.2) is 0 Å². The second-order valence-electron chi connectivity index (χ2n) is 5.37. The second kappa shape index (κ2) is 5.36. The monoisotopic (exact) mass is 241 g/mol. The Morgan fingerprint density at radius 1 is 1.29 bits per heavy atom. The number of carboxylic acid groups (broad SMARTS) is 1. The lowest BCUT2D eigenvalue weighted by Gasteiger charge is -2.46. The molecule has 0 spiro atoms. The van der Waals surface area contributed by atoms with E-state index in [1.807, 2.05) is 0 Å². The first kappa shape index (κ1) is 12.8. The molecule has 17 heavy (non-hydrogen) atoms. The van der Waals surface area contributed by atoms with Gasteiger partial charge in [0, 0.05) is 12.6 Å². The van der Waals surface area contributed by atoms with Gasteiger partial charge in [-0.3, -0.25) is 9.69 Å². The molecular formula is C13H23NO3. The maximum atomic E-state index is 11.8. The van der Waals surface area contributed by atoms with Crippen molar-refractivity contribution in [3.8, 4) is 0 Å². The van der Waals surface area contributed by atoms with Gasteiger partial charge in [0.05, 0.1) is 13.2 Å². The Balaban J connectivity index is 2.21. The third-order valence-corrected chi connectivity index (χ3v) is 4.25. The molecule has 2 fully saturated rings. The highest BCUT2D eigenvalue weighted by Gasteiger charge is 2.46. The summed E-state index contributed by atoms with van der Waals surface area (Å²) >= 11 is 0. The maximum Gasteiger partial charge on any atom is 0.324 e. The van der Waals surface area contributed by atoms with Crippen LogP contribution in [0.25, 0.3) is 0 Å². The van der Waals surface area contributed by atoms with Crippen molar-refractivity contribution in [1.82, 2.24) is 4.90 Å². The molecule has 0 bridgehead atoms. The summed E-state index contributed by atoms with van der Waals surface area (Å²) in [5.41, 5.74) is -0.625. The molecule has 2 aliphatic rings. The van der Waals surface area contributed by atoms with E-state index in [-0.39, 0.29) is 6.04 Å². The van der Waals surface area contributed by atoms with Crippen molar-refractivity contribution >= 4 is 5.97 Å². The first-order chi connectivity index (χ1) is 8.17. The fourth-order valence-corrected chi connectivity index (χ4v) is 3.30. The molecule has 0 aromatic rings. The van der Waals surface area contributed by atoms with Crippen LogP contribution < -0.4 is 0 Å². The van der Waals surface area contributed by atoms with Gasteiger partial charge < -0.3 is 9.84 Å². The fraction of sp³-hybridized carbons (Fsp3) is 0.923. The van der Waals surface area contributed by atoms with Crippen LogP contribution in [0.5, 0.6) is 0 Å². The molecule has 98 valence electrons. The van der Waals surface area contributed by atoms with Gasteiger partial charge in [-0.25, -0.2) is 0 Å². The lowest BCUT2D eigenvalue weighted by atomic mass is 9.86. The van der Waals surface area contributed by atoms with Crippen LogP contribution in [-0.2, 0) is 9.53 Å². The smallest absolute Gasteiger partial charge is 0.324 e. The predicted octanol–water partition coefficient (Wildman–Crippen LogP) is 1.88. The van der Waals surface area contributed by atoms with Crippen molar-refractivity contribution in [2.24, 2.45) is 0 Å². The van der Waals surface area contributed by atoms with Crippen molar-refractivity contribution in [2.45, 2.75) is 57.0 Å². The van der Waals surface area contributed by atoms with Crippen LogP contribution in [0.4, 0.5) is 0 Å². The summed E-state index contributed by atoms with van der Waals surface area (Å²) in [6, 6.07) is 0.220. The molecule has 1 saturated heterocycles. The number of ether oxygens (including phenoxy) is 1. The Kier molecular flexibility index (Phi) is 4.05. The van der Waals surface area contributed by atoms with Gasteiger partial charge in [-0.15, -0.1) is 0 Å². The molecule has 0 aromatic heterocycles. The molecule has 1 aliphatic carbocycles. The van der Waals surface area contributed by atoms with Gasteiger partial charge in [-0.2, -0.15) is 0 Å². The van der Waals surface area contributed by atoms with Gasteiger partial charge in [0.25, 0.3) is 0 Å². The number of hydrogen-bond acceptors (Lipinski definition) is 3. The quantitative estimate of drug-likeness (QED) is 0.750. The highest BCUT2D eigenvalue weighted by molar-refractivity contribution is 5.79. The Labute approximate surface area is 103 Å². The van der Waals surface area contributed by atoms with Crippen molar-refractivity contribution in [3.63, 3.8) is 0 Å². The zero-order valence-electron chi connectivity index (χ0n) is 10.7. The van der Waals surface area contributed by atoms with E-state index < -0.39 is 11.5 Å². The number of carbonyl (C=O) groups is 1. The van der Waals surface area contributed by atoms with Crippen molar-refractivity contribution in [1.29, 1.82) is 0 Å². The van der Waals surface area contributed by atoms with E-state index in [9.17, 15) is 9.90 Å². The molecule has 1 saturated carbocycles. The first-order valence-electron chi connectivity index (χ1n) is 6.75. The zero-order chi connectivity index (χ0) is 12.3. The van der Waals surface area contributed by atoms with Crippen LogP contribution >= 0.6 is 0 Å². The van der Waals surface area contributed by atoms with Gasteiger partial charge in [-0.05, 0) is 19.8 Å². The number of aliphatic carboxylic acids is 1. The zero-order valence-corrected chi connectivity index (χ0v) is 10.7. The van der Waals surface area contributed by atoms with Gasteiger partial charge in [0.15, 0.2) is 0 Å². The normalized spacial score (nSPS) is 30.8. The van der Waals surface area contributed by atoms with E-state index in [1.54, 1.807) is 0 Å². The fourth-order valence-electron chi connectivity index (χ4n) is 3.30. The minimum atomic E-state index is -0.631. The summed E-state index contributed by atoms with van der Waals surface area (Å²) in [6.07, 6.45) is 6.02. The Bertz CT molecular complexity index is 272. The van der Waals surface area contributed by atoms with E-state index in [0.29, 0.717) is 13.2 Å². The lowest BCUT2D eigenvalue weighted by Crippen LogP contribution is -2.61. The number of nitrogens with zero attached hydrogens (tertiary/aromatic N) is 1. The minimum absolute atomic E-state index is 0.220. The molecule has 4 nitrogen and oxygen atoms in total. The van der Waals surface area contributed by atoms with Crippen LogP contribution in [0.3, 0.4) is 0 Å². The Morgan fingerprint density at radius 3 is 2.47 bits per heavy atom. The van der Waals surface area contributed by atoms with Gasteiger partial charge in [0.2, 0.25) is 0 Å². The summed E-state index contributed by atoms with van der Waals surface area (Å²) in [4.78, 5) is 14.0. The molecule has 1 unspecified atom stereocenters. The van der Waals surface area contributed by atoms with Gasteiger partial charge in [-0.1, -0.05) is 25.7 Å². The average Bonchev–Trinajstić information content (AvgIpc) is 2.56. The van der Waals surface area contributed by atoms with Gasteiger partial charge >= 0.3 is 5.97 Å². The summed E-state index contributed by atoms with van der Waals surface area (Å²) < 4.78 is 5.42. The lowest BCUT2D eigenvalue weighted by molar-refractivity contribution is -0.160. The molecule has 1 atom stereocenters. The van der Waals surface area contributed by atoms with Crippen LogP contribution in [-0.4, -0.2) is 47.3 Å². The molecule has 2 rings (SSSR count). The molecule has 1 heterocycles. The van der Waals surface area contributed by atoms with E-state index in [1.165, 1.54) is 12.8 Å².